The number of hydrogen-bond acceptors (Lipinski definition) is 7. The van der Waals surface area contributed by atoms with Crippen molar-refractivity contribution in [2.24, 2.45) is 0 Å². The molecule has 1 aliphatic rings. The molecule has 2 aromatic carbocycles. The molecule has 0 aliphatic carbocycles. The molecule has 0 radical (unpaired) electrons. The number of nitrogens with one attached hydrogen (secondary N) is 2. The third-order valence-corrected chi connectivity index (χ3v) is 7.05. The van der Waals surface area contributed by atoms with Gasteiger partial charge in [0.05, 0.1) is 28.2 Å². The Morgan fingerprint density at radius 1 is 1.21 bits per heavy atom. The molecule has 1 atom stereocenters. The number of amides is 1. The predicted octanol–water partition coefficient (Wildman–Crippen LogP) is 5.60. The number of H-pyrrole nitrogens is 1. The summed E-state index contributed by atoms with van der Waals surface area (Å²) in [7, 11) is 0. The largest absolute Gasteiger partial charge is 0.461 e. The molecule has 0 saturated carbocycles. The number of aromatic amines is 1. The fourth-order valence-corrected chi connectivity index (χ4v) is 4.95. The topological polar surface area (TPSA) is 113 Å². The summed E-state index contributed by atoms with van der Waals surface area (Å²) in [5.41, 5.74) is 2.67. The molecule has 3 heterocycles. The molecule has 0 bridgehead atoms. The SMILES string of the molecule is C=CCOC(=O)CC[C@H](Nc1ncnc2cc(C(=O)N3CC=CC3)c(Br)cc12)c1nc2ccc(Cl)cc2[nH]1. The standard InChI is InChI=1S/C27H24BrClN6O3/c1-2-11-38-24(36)8-7-21(26-32-20-6-5-16(29)12-23(20)34-26)33-25-18-13-19(28)17(14-22(18)30-15-31-25)27(37)35-9-3-4-10-35/h2-6,12-15,21H,1,7-11H2,(H,32,34)(H,30,31,33)/t21-/m0/s1. The maximum atomic E-state index is 13.0. The van der Waals surface area contributed by atoms with Crippen LogP contribution in [0.5, 0.6) is 0 Å². The second-order valence-corrected chi connectivity index (χ2v) is 10.0. The number of fused-ring (bicyclic) bond motifs is 2. The first-order chi connectivity index (χ1) is 18.4. The number of carbonyl (C=O) groups is 2. The molecule has 2 N–H and O–H groups in total. The van der Waals surface area contributed by atoms with E-state index in [1.54, 1.807) is 23.1 Å². The number of hydrogen-bond donors (Lipinski definition) is 2. The Morgan fingerprint density at radius 3 is 2.82 bits per heavy atom. The van der Waals surface area contributed by atoms with Crippen LogP contribution in [-0.4, -0.2) is 56.4 Å². The molecule has 0 saturated heterocycles. The van der Waals surface area contributed by atoms with E-state index in [-0.39, 0.29) is 24.9 Å². The molecule has 1 amide bonds. The summed E-state index contributed by atoms with van der Waals surface area (Å²) in [4.78, 5) is 43.9. The molecule has 5 rings (SSSR count). The van der Waals surface area contributed by atoms with Gasteiger partial charge in [0, 0.05) is 34.4 Å². The Labute approximate surface area is 232 Å². The number of rotatable bonds is 9. The predicted molar refractivity (Wildman–Crippen MR) is 150 cm³/mol. The number of aromatic nitrogens is 4. The molecule has 0 unspecified atom stereocenters. The maximum Gasteiger partial charge on any atom is 0.306 e. The number of esters is 1. The van der Waals surface area contributed by atoms with E-state index in [0.29, 0.717) is 57.1 Å². The van der Waals surface area contributed by atoms with Gasteiger partial charge in [-0.2, -0.15) is 0 Å². The van der Waals surface area contributed by atoms with Crippen LogP contribution in [0.25, 0.3) is 21.9 Å². The number of carbonyl (C=O) groups excluding carboxylic acids is 2. The summed E-state index contributed by atoms with van der Waals surface area (Å²) in [5, 5.41) is 4.73. The smallest absolute Gasteiger partial charge is 0.306 e. The number of imidazole rings is 1. The normalized spacial score (nSPS) is 13.7. The molecule has 11 heteroatoms. The Hall–Kier alpha value is -3.76. The molecule has 38 heavy (non-hydrogen) atoms. The van der Waals surface area contributed by atoms with E-state index in [2.05, 4.69) is 42.8 Å². The number of anilines is 1. The average Bonchev–Trinajstić information content (AvgIpc) is 3.59. The molecule has 9 nitrogen and oxygen atoms in total. The van der Waals surface area contributed by atoms with Crippen LogP contribution in [0.2, 0.25) is 5.02 Å². The number of benzene rings is 2. The highest BCUT2D eigenvalue weighted by Crippen LogP contribution is 2.32. The second-order valence-electron chi connectivity index (χ2n) is 8.74. The first-order valence-corrected chi connectivity index (χ1v) is 13.2. The lowest BCUT2D eigenvalue weighted by Crippen LogP contribution is -2.28. The average molecular weight is 596 g/mol. The summed E-state index contributed by atoms with van der Waals surface area (Å²) in [6.07, 6.45) is 7.44. The summed E-state index contributed by atoms with van der Waals surface area (Å²) in [6.45, 7) is 4.90. The van der Waals surface area contributed by atoms with Crippen molar-refractivity contribution in [2.45, 2.75) is 18.9 Å². The number of halogens is 2. The molecule has 2 aromatic heterocycles. The van der Waals surface area contributed by atoms with Crippen molar-refractivity contribution >= 4 is 67.2 Å². The minimum Gasteiger partial charge on any atom is -0.461 e. The van der Waals surface area contributed by atoms with Crippen molar-refractivity contribution in [1.29, 1.82) is 0 Å². The van der Waals surface area contributed by atoms with Crippen LogP contribution in [-0.2, 0) is 9.53 Å². The van der Waals surface area contributed by atoms with Gasteiger partial charge in [-0.1, -0.05) is 36.4 Å². The zero-order valence-corrected chi connectivity index (χ0v) is 22.6. The minimum atomic E-state index is -0.411. The van der Waals surface area contributed by atoms with Gasteiger partial charge in [0.15, 0.2) is 0 Å². The summed E-state index contributed by atoms with van der Waals surface area (Å²) in [6, 6.07) is 8.59. The first kappa shape index (κ1) is 25.9. The van der Waals surface area contributed by atoms with Gasteiger partial charge >= 0.3 is 5.97 Å². The van der Waals surface area contributed by atoms with E-state index in [1.807, 2.05) is 24.3 Å². The van der Waals surface area contributed by atoms with Crippen LogP contribution >= 0.6 is 27.5 Å². The van der Waals surface area contributed by atoms with Gasteiger partial charge in [-0.3, -0.25) is 9.59 Å². The van der Waals surface area contributed by atoms with Gasteiger partial charge in [0.1, 0.15) is 24.6 Å². The maximum absolute atomic E-state index is 13.0. The Morgan fingerprint density at radius 2 is 2.03 bits per heavy atom. The molecule has 0 fully saturated rings. The van der Waals surface area contributed by atoms with Crippen molar-refractivity contribution in [3.05, 3.63) is 82.3 Å². The van der Waals surface area contributed by atoms with E-state index in [1.165, 1.54) is 12.4 Å². The second kappa shape index (κ2) is 11.3. The molecule has 194 valence electrons. The van der Waals surface area contributed by atoms with Crippen LogP contribution < -0.4 is 5.32 Å². The van der Waals surface area contributed by atoms with Gasteiger partial charge < -0.3 is 19.9 Å². The van der Waals surface area contributed by atoms with Gasteiger partial charge in [0.2, 0.25) is 0 Å². The quantitative estimate of drug-likeness (QED) is 0.191. The van der Waals surface area contributed by atoms with Crippen LogP contribution in [0.3, 0.4) is 0 Å². The van der Waals surface area contributed by atoms with Crippen molar-refractivity contribution < 1.29 is 14.3 Å². The van der Waals surface area contributed by atoms with Gasteiger partial charge in [0.25, 0.3) is 5.91 Å². The van der Waals surface area contributed by atoms with Crippen LogP contribution in [0.1, 0.15) is 35.1 Å². The van der Waals surface area contributed by atoms with E-state index in [9.17, 15) is 9.59 Å². The summed E-state index contributed by atoms with van der Waals surface area (Å²) in [5.74, 6) is 0.748. The Kier molecular flexibility index (Phi) is 7.71. The fraction of sp³-hybridized carbons (Fsp3) is 0.222. The number of ether oxygens (including phenoxy) is 1. The highest BCUT2D eigenvalue weighted by molar-refractivity contribution is 9.10. The highest BCUT2D eigenvalue weighted by Gasteiger charge is 2.23. The van der Waals surface area contributed by atoms with Gasteiger partial charge in [-0.25, -0.2) is 15.0 Å². The molecular weight excluding hydrogens is 572 g/mol. The zero-order chi connectivity index (χ0) is 26.6. The van der Waals surface area contributed by atoms with E-state index in [4.69, 9.17) is 21.3 Å². The lowest BCUT2D eigenvalue weighted by molar-refractivity contribution is -0.142. The Bertz CT molecular complexity index is 1560. The van der Waals surface area contributed by atoms with Crippen molar-refractivity contribution in [1.82, 2.24) is 24.8 Å². The Balaban J connectivity index is 1.47. The monoisotopic (exact) mass is 594 g/mol. The van der Waals surface area contributed by atoms with Crippen LogP contribution in [0.4, 0.5) is 5.82 Å². The van der Waals surface area contributed by atoms with Crippen molar-refractivity contribution in [3.63, 3.8) is 0 Å². The zero-order valence-electron chi connectivity index (χ0n) is 20.3. The van der Waals surface area contributed by atoms with E-state index >= 15 is 0 Å². The van der Waals surface area contributed by atoms with Crippen molar-refractivity contribution in [3.8, 4) is 0 Å². The third-order valence-electron chi connectivity index (χ3n) is 6.16. The molecule has 0 spiro atoms. The lowest BCUT2D eigenvalue weighted by atomic mass is 10.1. The molecule has 1 aliphatic heterocycles. The summed E-state index contributed by atoms with van der Waals surface area (Å²) >= 11 is 9.72. The van der Waals surface area contributed by atoms with Crippen molar-refractivity contribution in [2.75, 3.05) is 25.0 Å². The molecule has 4 aromatic rings. The van der Waals surface area contributed by atoms with Crippen LogP contribution in [0.15, 0.2) is 65.9 Å². The molecular formula is C27H24BrClN6O3. The van der Waals surface area contributed by atoms with Gasteiger partial charge in [-0.05, 0) is 52.7 Å². The van der Waals surface area contributed by atoms with Crippen LogP contribution in [0, 0.1) is 0 Å². The first-order valence-electron chi connectivity index (χ1n) is 12.0. The number of nitrogens with zero attached hydrogens (tertiary/aromatic N) is 4. The highest BCUT2D eigenvalue weighted by atomic mass is 79.9. The minimum absolute atomic E-state index is 0.0752. The van der Waals surface area contributed by atoms with Gasteiger partial charge in [-0.15, -0.1) is 0 Å². The summed E-state index contributed by atoms with van der Waals surface area (Å²) < 4.78 is 5.80. The van der Waals surface area contributed by atoms with E-state index < -0.39 is 6.04 Å². The fourth-order valence-electron chi connectivity index (χ4n) is 4.26. The lowest BCUT2D eigenvalue weighted by Gasteiger charge is -2.19. The third kappa shape index (κ3) is 5.56. The van der Waals surface area contributed by atoms with E-state index in [0.717, 1.165) is 11.0 Å².